The Morgan fingerprint density at radius 3 is 2.45 bits per heavy atom. The van der Waals surface area contributed by atoms with Crippen molar-refractivity contribution in [1.82, 2.24) is 9.55 Å². The predicted octanol–water partition coefficient (Wildman–Crippen LogP) is 7.31. The lowest BCUT2D eigenvalue weighted by molar-refractivity contribution is -0.117. The number of amides is 1. The molecule has 0 saturated carbocycles. The summed E-state index contributed by atoms with van der Waals surface area (Å²) in [6.45, 7) is 8.14. The van der Waals surface area contributed by atoms with Gasteiger partial charge in [-0.25, -0.2) is 4.98 Å². The van der Waals surface area contributed by atoms with Crippen molar-refractivity contribution in [1.29, 1.82) is 0 Å². The van der Waals surface area contributed by atoms with Crippen molar-refractivity contribution in [3.63, 3.8) is 0 Å². The monoisotopic (exact) mass is 445 g/mol. The quantitative estimate of drug-likeness (QED) is 0.290. The van der Waals surface area contributed by atoms with Crippen molar-refractivity contribution in [2.45, 2.75) is 91.0 Å². The molecule has 4 nitrogen and oxygen atoms in total. The van der Waals surface area contributed by atoms with Gasteiger partial charge in [0.05, 0.1) is 11.0 Å². The van der Waals surface area contributed by atoms with E-state index in [1.165, 1.54) is 62.4 Å². The molecule has 0 spiro atoms. The van der Waals surface area contributed by atoms with Gasteiger partial charge in [0.25, 0.3) is 0 Å². The highest BCUT2D eigenvalue weighted by atomic mass is 16.2. The maximum atomic E-state index is 13.0. The minimum absolute atomic E-state index is 0.138. The Balaban J connectivity index is 1.47. The van der Waals surface area contributed by atoms with Crippen molar-refractivity contribution in [3.8, 4) is 0 Å². The summed E-state index contributed by atoms with van der Waals surface area (Å²) < 4.78 is 2.40. The number of anilines is 1. The second-order valence-corrected chi connectivity index (χ2v) is 9.78. The standard InChI is InChI=1S/C29H39N3O/c1-4-5-6-7-8-9-10-13-18-31-26-15-12-11-14-25(26)30-29(31)24-20-28(33)32(21-24)27-19-22(2)16-17-23(27)3/h11-12,14-17,19,24H,4-10,13,18,20-21H2,1-3H3. The Bertz CT molecular complexity index is 1080. The molecule has 2 aromatic carbocycles. The number of unbranched alkanes of at least 4 members (excludes halogenated alkanes) is 7. The summed E-state index contributed by atoms with van der Waals surface area (Å²) in [6.07, 6.45) is 11.0. The first-order valence-electron chi connectivity index (χ1n) is 12.9. The first-order valence-corrected chi connectivity index (χ1v) is 12.9. The molecule has 0 aliphatic carbocycles. The van der Waals surface area contributed by atoms with Crippen LogP contribution < -0.4 is 4.90 Å². The van der Waals surface area contributed by atoms with Crippen LogP contribution in [-0.2, 0) is 11.3 Å². The SMILES string of the molecule is CCCCCCCCCCn1c(C2CC(=O)N(c3cc(C)ccc3C)C2)nc2ccccc21. The van der Waals surface area contributed by atoms with E-state index in [1.54, 1.807) is 0 Å². The number of hydrogen-bond donors (Lipinski definition) is 0. The topological polar surface area (TPSA) is 38.1 Å². The second kappa shape index (κ2) is 11.0. The average molecular weight is 446 g/mol. The Morgan fingerprint density at radius 1 is 0.939 bits per heavy atom. The minimum Gasteiger partial charge on any atom is -0.328 e. The number of benzene rings is 2. The van der Waals surface area contributed by atoms with E-state index in [0.29, 0.717) is 13.0 Å². The Kier molecular flexibility index (Phi) is 7.85. The van der Waals surface area contributed by atoms with E-state index < -0.39 is 0 Å². The largest absolute Gasteiger partial charge is 0.328 e. The van der Waals surface area contributed by atoms with Gasteiger partial charge < -0.3 is 9.47 Å². The number of aromatic nitrogens is 2. The van der Waals surface area contributed by atoms with Crippen LogP contribution in [0.25, 0.3) is 11.0 Å². The summed E-state index contributed by atoms with van der Waals surface area (Å²) >= 11 is 0. The van der Waals surface area contributed by atoms with Crippen LogP contribution in [0.4, 0.5) is 5.69 Å². The third-order valence-electron chi connectivity index (χ3n) is 7.06. The lowest BCUT2D eigenvalue weighted by Crippen LogP contribution is -2.25. The van der Waals surface area contributed by atoms with E-state index in [2.05, 4.69) is 67.8 Å². The number of imidazole rings is 1. The van der Waals surface area contributed by atoms with Crippen molar-refractivity contribution >= 4 is 22.6 Å². The smallest absolute Gasteiger partial charge is 0.227 e. The summed E-state index contributed by atoms with van der Waals surface area (Å²) in [6, 6.07) is 14.8. The number of nitrogens with zero attached hydrogens (tertiary/aromatic N) is 3. The number of hydrogen-bond acceptors (Lipinski definition) is 2. The van der Waals surface area contributed by atoms with Gasteiger partial charge in [0, 0.05) is 31.1 Å². The highest BCUT2D eigenvalue weighted by molar-refractivity contribution is 5.97. The Morgan fingerprint density at radius 2 is 1.67 bits per heavy atom. The van der Waals surface area contributed by atoms with Crippen molar-refractivity contribution < 1.29 is 4.79 Å². The van der Waals surface area contributed by atoms with Gasteiger partial charge in [-0.05, 0) is 49.6 Å². The van der Waals surface area contributed by atoms with E-state index in [0.717, 1.165) is 29.1 Å². The zero-order valence-electron chi connectivity index (χ0n) is 20.6. The molecule has 33 heavy (non-hydrogen) atoms. The van der Waals surface area contributed by atoms with Gasteiger partial charge >= 0.3 is 0 Å². The van der Waals surface area contributed by atoms with Gasteiger partial charge in [-0.3, -0.25) is 4.79 Å². The van der Waals surface area contributed by atoms with E-state index in [4.69, 9.17) is 4.98 Å². The van der Waals surface area contributed by atoms with Crippen LogP contribution in [0.1, 0.15) is 87.6 Å². The summed E-state index contributed by atoms with van der Waals surface area (Å²) in [5.74, 6) is 1.43. The molecule has 0 bridgehead atoms. The van der Waals surface area contributed by atoms with E-state index >= 15 is 0 Å². The minimum atomic E-state index is 0.138. The molecular weight excluding hydrogens is 406 g/mol. The maximum absolute atomic E-state index is 13.0. The second-order valence-electron chi connectivity index (χ2n) is 9.78. The van der Waals surface area contributed by atoms with Crippen LogP contribution in [0.5, 0.6) is 0 Å². The third kappa shape index (κ3) is 5.48. The maximum Gasteiger partial charge on any atom is 0.227 e. The molecule has 4 rings (SSSR count). The highest BCUT2D eigenvalue weighted by Gasteiger charge is 2.35. The molecule has 1 fully saturated rings. The molecule has 1 unspecified atom stereocenters. The van der Waals surface area contributed by atoms with Crippen LogP contribution in [0, 0.1) is 13.8 Å². The lowest BCUT2D eigenvalue weighted by atomic mass is 10.1. The van der Waals surface area contributed by atoms with Crippen LogP contribution in [0.2, 0.25) is 0 Å². The number of fused-ring (bicyclic) bond motifs is 1. The molecular formula is C29H39N3O. The molecule has 0 radical (unpaired) electrons. The van der Waals surface area contributed by atoms with Crippen molar-refractivity contribution in [2.24, 2.45) is 0 Å². The Hall–Kier alpha value is -2.62. The van der Waals surface area contributed by atoms with Gasteiger partial charge in [-0.1, -0.05) is 76.1 Å². The predicted molar refractivity (Wildman–Crippen MR) is 138 cm³/mol. The number of para-hydroxylation sites is 2. The molecule has 1 amide bonds. The van der Waals surface area contributed by atoms with Crippen molar-refractivity contribution in [2.75, 3.05) is 11.4 Å². The average Bonchev–Trinajstić information content (AvgIpc) is 3.37. The molecule has 1 aliphatic rings. The highest BCUT2D eigenvalue weighted by Crippen LogP contribution is 2.35. The molecule has 3 aromatic rings. The summed E-state index contributed by atoms with van der Waals surface area (Å²) in [5.41, 5.74) is 5.64. The summed E-state index contributed by atoms with van der Waals surface area (Å²) in [7, 11) is 0. The van der Waals surface area contributed by atoms with Crippen LogP contribution in [0.3, 0.4) is 0 Å². The van der Waals surface area contributed by atoms with Gasteiger partial charge in [-0.2, -0.15) is 0 Å². The number of aryl methyl sites for hydroxylation is 3. The fourth-order valence-corrected chi connectivity index (χ4v) is 5.17. The van der Waals surface area contributed by atoms with Crippen LogP contribution >= 0.6 is 0 Å². The van der Waals surface area contributed by atoms with Gasteiger partial charge in [-0.15, -0.1) is 0 Å². The first-order chi connectivity index (χ1) is 16.1. The summed E-state index contributed by atoms with van der Waals surface area (Å²) in [4.78, 5) is 20.1. The molecule has 1 aromatic heterocycles. The zero-order valence-corrected chi connectivity index (χ0v) is 20.6. The van der Waals surface area contributed by atoms with E-state index in [1.807, 2.05) is 4.90 Å². The fourth-order valence-electron chi connectivity index (χ4n) is 5.17. The zero-order chi connectivity index (χ0) is 23.2. The number of carbonyl (C=O) groups excluding carboxylic acids is 1. The van der Waals surface area contributed by atoms with Gasteiger partial charge in [0.1, 0.15) is 5.82 Å². The Labute approximate surface area is 199 Å². The molecule has 176 valence electrons. The fraction of sp³-hybridized carbons (Fsp3) is 0.517. The number of rotatable bonds is 11. The summed E-state index contributed by atoms with van der Waals surface area (Å²) in [5, 5.41) is 0. The van der Waals surface area contributed by atoms with Gasteiger partial charge in [0.15, 0.2) is 0 Å². The first kappa shape index (κ1) is 23.5. The molecule has 1 atom stereocenters. The molecule has 0 N–H and O–H groups in total. The van der Waals surface area contributed by atoms with E-state index in [-0.39, 0.29) is 11.8 Å². The molecule has 1 saturated heterocycles. The van der Waals surface area contributed by atoms with Crippen molar-refractivity contribution in [3.05, 3.63) is 59.4 Å². The number of carbonyl (C=O) groups is 1. The van der Waals surface area contributed by atoms with Crippen LogP contribution in [-0.4, -0.2) is 22.0 Å². The molecule has 4 heteroatoms. The van der Waals surface area contributed by atoms with Crippen LogP contribution in [0.15, 0.2) is 42.5 Å². The third-order valence-corrected chi connectivity index (χ3v) is 7.06. The van der Waals surface area contributed by atoms with E-state index in [9.17, 15) is 4.79 Å². The molecule has 2 heterocycles. The lowest BCUT2D eigenvalue weighted by Gasteiger charge is -2.20. The normalized spacial score (nSPS) is 16.3. The van der Waals surface area contributed by atoms with Gasteiger partial charge in [0.2, 0.25) is 5.91 Å². The molecule has 1 aliphatic heterocycles.